The Morgan fingerprint density at radius 2 is 1.77 bits per heavy atom. The summed E-state index contributed by atoms with van der Waals surface area (Å²) >= 11 is 13.3. The van der Waals surface area contributed by atoms with Crippen molar-refractivity contribution in [3.8, 4) is 17.0 Å². The molecule has 1 N–H and O–H groups in total. The quantitative estimate of drug-likeness (QED) is 0.147. The SMILES string of the molecule is O=C(Oc1ccc(/C=N\Nc2nc(-c3ccccc3)cs2)cc1)c1ccc(Cl)c(Cl)c1. The number of nitrogens with one attached hydrogen (secondary N) is 1. The molecule has 0 amide bonds. The third-order valence-corrected chi connectivity index (χ3v) is 5.68. The Morgan fingerprint density at radius 1 is 1.00 bits per heavy atom. The van der Waals surface area contributed by atoms with Crippen LogP contribution in [0.4, 0.5) is 5.13 Å². The number of hydrogen-bond acceptors (Lipinski definition) is 6. The van der Waals surface area contributed by atoms with E-state index in [2.05, 4.69) is 15.5 Å². The monoisotopic (exact) mass is 467 g/mol. The zero-order valence-corrected chi connectivity index (χ0v) is 18.3. The van der Waals surface area contributed by atoms with Crippen LogP contribution < -0.4 is 10.2 Å². The van der Waals surface area contributed by atoms with Gasteiger partial charge in [-0.3, -0.25) is 5.43 Å². The predicted molar refractivity (Wildman–Crippen MR) is 127 cm³/mol. The molecule has 0 aliphatic heterocycles. The number of thiazole rings is 1. The fourth-order valence-corrected chi connectivity index (χ4v) is 3.61. The number of carbonyl (C=O) groups excluding carboxylic acids is 1. The lowest BCUT2D eigenvalue weighted by Crippen LogP contribution is -2.08. The lowest BCUT2D eigenvalue weighted by molar-refractivity contribution is 0.0735. The summed E-state index contributed by atoms with van der Waals surface area (Å²) in [5, 5.41) is 7.56. The van der Waals surface area contributed by atoms with E-state index in [1.807, 2.05) is 35.7 Å². The molecule has 0 atom stereocenters. The van der Waals surface area contributed by atoms with Crippen LogP contribution in [0.3, 0.4) is 0 Å². The van der Waals surface area contributed by atoms with Gasteiger partial charge < -0.3 is 4.74 Å². The zero-order valence-electron chi connectivity index (χ0n) is 16.0. The number of esters is 1. The summed E-state index contributed by atoms with van der Waals surface area (Å²) in [7, 11) is 0. The molecule has 5 nitrogen and oxygen atoms in total. The van der Waals surface area contributed by atoms with Gasteiger partial charge in [0.05, 0.1) is 27.5 Å². The van der Waals surface area contributed by atoms with Gasteiger partial charge in [-0.15, -0.1) is 11.3 Å². The summed E-state index contributed by atoms with van der Waals surface area (Å²) in [5.41, 5.74) is 6.04. The largest absolute Gasteiger partial charge is 0.423 e. The minimum Gasteiger partial charge on any atom is -0.423 e. The summed E-state index contributed by atoms with van der Waals surface area (Å²) in [6, 6.07) is 21.5. The first-order valence-corrected chi connectivity index (χ1v) is 10.8. The maximum absolute atomic E-state index is 12.2. The molecule has 1 aromatic heterocycles. The molecule has 3 aromatic carbocycles. The smallest absolute Gasteiger partial charge is 0.343 e. The van der Waals surface area contributed by atoms with Gasteiger partial charge in [0.1, 0.15) is 5.75 Å². The van der Waals surface area contributed by atoms with Gasteiger partial charge in [-0.05, 0) is 48.0 Å². The molecule has 0 aliphatic carbocycles. The minimum absolute atomic E-state index is 0.297. The van der Waals surface area contributed by atoms with E-state index in [9.17, 15) is 4.79 Å². The zero-order chi connectivity index (χ0) is 21.6. The molecule has 8 heteroatoms. The third kappa shape index (κ3) is 5.49. The Morgan fingerprint density at radius 3 is 2.52 bits per heavy atom. The van der Waals surface area contributed by atoms with Crippen molar-refractivity contribution in [1.29, 1.82) is 0 Å². The van der Waals surface area contributed by atoms with Crippen LogP contribution in [0.5, 0.6) is 5.75 Å². The molecule has 0 radical (unpaired) electrons. The minimum atomic E-state index is -0.514. The van der Waals surface area contributed by atoms with Crippen molar-refractivity contribution < 1.29 is 9.53 Å². The number of carbonyl (C=O) groups is 1. The van der Waals surface area contributed by atoms with Gasteiger partial charge in [-0.2, -0.15) is 5.10 Å². The highest BCUT2D eigenvalue weighted by Crippen LogP contribution is 2.25. The highest BCUT2D eigenvalue weighted by atomic mass is 35.5. The molecule has 0 saturated heterocycles. The molecule has 0 saturated carbocycles. The van der Waals surface area contributed by atoms with Crippen molar-refractivity contribution in [2.45, 2.75) is 0 Å². The highest BCUT2D eigenvalue weighted by molar-refractivity contribution is 7.14. The number of ether oxygens (including phenoxy) is 1. The third-order valence-electron chi connectivity index (χ3n) is 4.19. The molecule has 0 aliphatic rings. The average molecular weight is 468 g/mol. The second-order valence-corrected chi connectivity index (χ2v) is 8.03. The molecule has 4 aromatic rings. The van der Waals surface area contributed by atoms with E-state index in [-0.39, 0.29) is 0 Å². The number of benzene rings is 3. The summed E-state index contributed by atoms with van der Waals surface area (Å²) in [6.07, 6.45) is 1.66. The molecule has 31 heavy (non-hydrogen) atoms. The van der Waals surface area contributed by atoms with Gasteiger partial charge in [0.25, 0.3) is 0 Å². The van der Waals surface area contributed by atoms with E-state index in [1.165, 1.54) is 17.4 Å². The summed E-state index contributed by atoms with van der Waals surface area (Å²) < 4.78 is 5.36. The second-order valence-electron chi connectivity index (χ2n) is 6.36. The number of hydrazone groups is 1. The fraction of sp³-hybridized carbons (Fsp3) is 0. The van der Waals surface area contributed by atoms with Crippen molar-refractivity contribution >= 4 is 51.9 Å². The molecule has 0 bridgehead atoms. The number of nitrogens with zero attached hydrogens (tertiary/aromatic N) is 2. The van der Waals surface area contributed by atoms with Crippen LogP contribution in [-0.4, -0.2) is 17.2 Å². The van der Waals surface area contributed by atoms with Crippen LogP contribution >= 0.6 is 34.5 Å². The first-order chi connectivity index (χ1) is 15.1. The Kier molecular flexibility index (Phi) is 6.62. The first-order valence-electron chi connectivity index (χ1n) is 9.16. The second kappa shape index (κ2) is 9.75. The lowest BCUT2D eigenvalue weighted by Gasteiger charge is -2.05. The van der Waals surface area contributed by atoms with Crippen LogP contribution in [0.15, 0.2) is 83.3 Å². The first kappa shape index (κ1) is 21.1. The van der Waals surface area contributed by atoms with Crippen LogP contribution in [0.1, 0.15) is 15.9 Å². The molecule has 154 valence electrons. The number of aromatic nitrogens is 1. The van der Waals surface area contributed by atoms with Gasteiger partial charge in [0, 0.05) is 10.9 Å². The number of rotatable bonds is 6. The molecular weight excluding hydrogens is 453 g/mol. The Bertz CT molecular complexity index is 1230. The normalized spacial score (nSPS) is 10.9. The number of anilines is 1. The van der Waals surface area contributed by atoms with E-state index < -0.39 is 5.97 Å². The predicted octanol–water partition coefficient (Wildman–Crippen LogP) is 6.78. The van der Waals surface area contributed by atoms with Gasteiger partial charge in [0.2, 0.25) is 5.13 Å². The van der Waals surface area contributed by atoms with Crippen molar-refractivity contribution in [1.82, 2.24) is 4.98 Å². The Labute approximate surface area is 192 Å². The standard InChI is InChI=1S/C23H15Cl2N3O2S/c24-19-11-8-17(12-20(19)25)22(29)30-18-9-6-15(7-10-18)13-26-28-23-27-21(14-31-23)16-4-2-1-3-5-16/h1-14H,(H,27,28)/b26-13-. The van der Waals surface area contributed by atoms with E-state index >= 15 is 0 Å². The summed E-state index contributed by atoms with van der Waals surface area (Å²) in [5.74, 6) is -0.103. The summed E-state index contributed by atoms with van der Waals surface area (Å²) in [6.45, 7) is 0. The number of hydrogen-bond donors (Lipinski definition) is 1. The Balaban J connectivity index is 1.34. The molecule has 0 fully saturated rings. The van der Waals surface area contributed by atoms with Crippen LogP contribution in [0.2, 0.25) is 10.0 Å². The molecular formula is C23H15Cl2N3O2S. The van der Waals surface area contributed by atoms with E-state index in [4.69, 9.17) is 27.9 Å². The van der Waals surface area contributed by atoms with Crippen LogP contribution in [0, 0.1) is 0 Å². The van der Waals surface area contributed by atoms with E-state index in [0.717, 1.165) is 16.8 Å². The number of halogens is 2. The summed E-state index contributed by atoms with van der Waals surface area (Å²) in [4.78, 5) is 16.7. The molecule has 1 heterocycles. The van der Waals surface area contributed by atoms with Crippen LogP contribution in [-0.2, 0) is 0 Å². The topological polar surface area (TPSA) is 63.6 Å². The van der Waals surface area contributed by atoms with E-state index in [0.29, 0.717) is 26.5 Å². The molecule has 4 rings (SSSR count). The maximum atomic E-state index is 12.2. The molecule has 0 spiro atoms. The van der Waals surface area contributed by atoms with Gasteiger partial charge in [-0.25, -0.2) is 9.78 Å². The van der Waals surface area contributed by atoms with Crippen molar-refractivity contribution in [2.75, 3.05) is 5.43 Å². The van der Waals surface area contributed by atoms with Gasteiger partial charge in [0.15, 0.2) is 0 Å². The van der Waals surface area contributed by atoms with Crippen molar-refractivity contribution in [3.05, 3.63) is 99.3 Å². The van der Waals surface area contributed by atoms with Gasteiger partial charge >= 0.3 is 5.97 Å². The van der Waals surface area contributed by atoms with Gasteiger partial charge in [-0.1, -0.05) is 53.5 Å². The fourth-order valence-electron chi connectivity index (χ4n) is 2.64. The van der Waals surface area contributed by atoms with Crippen molar-refractivity contribution in [3.63, 3.8) is 0 Å². The average Bonchev–Trinajstić information content (AvgIpc) is 3.26. The maximum Gasteiger partial charge on any atom is 0.343 e. The lowest BCUT2D eigenvalue weighted by atomic mass is 10.2. The van der Waals surface area contributed by atoms with Crippen LogP contribution in [0.25, 0.3) is 11.3 Å². The van der Waals surface area contributed by atoms with E-state index in [1.54, 1.807) is 42.6 Å². The highest BCUT2D eigenvalue weighted by Gasteiger charge is 2.10. The molecule has 0 unspecified atom stereocenters. The van der Waals surface area contributed by atoms with Crippen molar-refractivity contribution in [2.24, 2.45) is 5.10 Å². The Hall–Kier alpha value is -3.19.